The van der Waals surface area contributed by atoms with Gasteiger partial charge in [-0.25, -0.2) is 4.39 Å². The average molecular weight is 296 g/mol. The summed E-state index contributed by atoms with van der Waals surface area (Å²) in [6.45, 7) is 11.5. The van der Waals surface area contributed by atoms with Gasteiger partial charge in [-0.05, 0) is 39.3 Å². The Balaban J connectivity index is 0.00000106. The van der Waals surface area contributed by atoms with Crippen LogP contribution in [0.25, 0.3) is 0 Å². The summed E-state index contributed by atoms with van der Waals surface area (Å²) in [4.78, 5) is 18.9. The first-order valence-corrected chi connectivity index (χ1v) is 7.27. The third kappa shape index (κ3) is 2.88. The number of amides is 1. The summed E-state index contributed by atoms with van der Waals surface area (Å²) in [6, 6.07) is 3.03. The van der Waals surface area contributed by atoms with E-state index in [1.54, 1.807) is 11.0 Å². The van der Waals surface area contributed by atoms with E-state index in [1.807, 2.05) is 41.5 Å². The summed E-state index contributed by atoms with van der Waals surface area (Å²) in [5, 5.41) is 0. The second-order valence-electron chi connectivity index (χ2n) is 5.55. The molecule has 0 bridgehead atoms. The van der Waals surface area contributed by atoms with Gasteiger partial charge in [-0.2, -0.15) is 0 Å². The molecular weight excluding hydrogens is 271 g/mol. The van der Waals surface area contributed by atoms with Gasteiger partial charge in [0, 0.05) is 12.1 Å². The zero-order chi connectivity index (χ0) is 16.4. The highest BCUT2D eigenvalue weighted by Crippen LogP contribution is 2.44. The predicted octanol–water partition coefficient (Wildman–Crippen LogP) is 3.86. The third-order valence-corrected chi connectivity index (χ3v) is 3.50. The first-order valence-electron chi connectivity index (χ1n) is 7.27. The summed E-state index contributed by atoms with van der Waals surface area (Å²) >= 11 is 0. The van der Waals surface area contributed by atoms with Gasteiger partial charge in [0.15, 0.2) is 5.82 Å². The molecule has 1 aromatic rings. The molecule has 0 unspecified atom stereocenters. The number of anilines is 2. The molecule has 1 aliphatic heterocycles. The van der Waals surface area contributed by atoms with E-state index in [0.29, 0.717) is 5.69 Å². The molecule has 1 aromatic carbocycles. The van der Waals surface area contributed by atoms with Crippen LogP contribution in [-0.2, 0) is 15.0 Å². The normalized spacial score (nSPS) is 15.7. The summed E-state index contributed by atoms with van der Waals surface area (Å²) in [6.07, 6.45) is 0. The van der Waals surface area contributed by atoms with Crippen molar-refractivity contribution >= 4 is 17.3 Å². The molecule has 5 heteroatoms. The van der Waals surface area contributed by atoms with Gasteiger partial charge in [0.2, 0.25) is 5.91 Å². The van der Waals surface area contributed by atoms with Gasteiger partial charge >= 0.3 is 0 Å². The molecule has 1 N–H and O–H groups in total. The SMILES string of the molecule is CC.CONc1cc2c(cc1F)N(C(C)C)C(=O)C2(C)C. The van der Waals surface area contributed by atoms with Crippen LogP contribution in [0.4, 0.5) is 15.8 Å². The topological polar surface area (TPSA) is 41.6 Å². The number of carbonyl (C=O) groups excluding carboxylic acids is 1. The van der Waals surface area contributed by atoms with Crippen molar-refractivity contribution in [3.63, 3.8) is 0 Å². The van der Waals surface area contributed by atoms with Crippen LogP contribution in [0.15, 0.2) is 12.1 Å². The van der Waals surface area contributed by atoms with Crippen LogP contribution in [0.5, 0.6) is 0 Å². The maximum absolute atomic E-state index is 14.0. The largest absolute Gasteiger partial charge is 0.309 e. The van der Waals surface area contributed by atoms with Crippen molar-refractivity contribution in [3.8, 4) is 0 Å². The molecule has 2 rings (SSSR count). The fourth-order valence-electron chi connectivity index (χ4n) is 2.49. The molecule has 0 saturated heterocycles. The van der Waals surface area contributed by atoms with Gasteiger partial charge in [0.1, 0.15) is 0 Å². The molecule has 21 heavy (non-hydrogen) atoms. The van der Waals surface area contributed by atoms with E-state index in [2.05, 4.69) is 5.48 Å². The lowest BCUT2D eigenvalue weighted by Gasteiger charge is -2.24. The van der Waals surface area contributed by atoms with Gasteiger partial charge in [-0.15, -0.1) is 0 Å². The van der Waals surface area contributed by atoms with E-state index in [-0.39, 0.29) is 17.6 Å². The molecule has 0 radical (unpaired) electrons. The minimum absolute atomic E-state index is 0.00587. The maximum atomic E-state index is 14.0. The monoisotopic (exact) mass is 296 g/mol. The molecule has 0 aliphatic carbocycles. The van der Waals surface area contributed by atoms with Crippen LogP contribution < -0.4 is 10.4 Å². The Morgan fingerprint density at radius 2 is 1.86 bits per heavy atom. The number of carbonyl (C=O) groups is 1. The Morgan fingerprint density at radius 1 is 1.29 bits per heavy atom. The lowest BCUT2D eigenvalue weighted by molar-refractivity contribution is -0.122. The molecule has 118 valence electrons. The third-order valence-electron chi connectivity index (χ3n) is 3.50. The van der Waals surface area contributed by atoms with Crippen molar-refractivity contribution in [2.45, 2.75) is 53.0 Å². The Labute approximate surface area is 126 Å². The van der Waals surface area contributed by atoms with Crippen molar-refractivity contribution in [3.05, 3.63) is 23.5 Å². The highest BCUT2D eigenvalue weighted by atomic mass is 19.1. The predicted molar refractivity (Wildman–Crippen MR) is 84.0 cm³/mol. The van der Waals surface area contributed by atoms with E-state index in [4.69, 9.17) is 4.84 Å². The number of hydrogen-bond acceptors (Lipinski definition) is 3. The van der Waals surface area contributed by atoms with E-state index in [0.717, 1.165) is 5.56 Å². The summed E-state index contributed by atoms with van der Waals surface area (Å²) in [7, 11) is 1.42. The lowest BCUT2D eigenvalue weighted by Crippen LogP contribution is -2.40. The second-order valence-corrected chi connectivity index (χ2v) is 5.55. The van der Waals surface area contributed by atoms with Crippen molar-refractivity contribution in [2.24, 2.45) is 0 Å². The molecule has 0 saturated carbocycles. The van der Waals surface area contributed by atoms with Gasteiger partial charge in [-0.3, -0.25) is 15.1 Å². The molecule has 0 atom stereocenters. The highest BCUT2D eigenvalue weighted by Gasteiger charge is 2.45. The molecule has 1 heterocycles. The smallest absolute Gasteiger partial charge is 0.237 e. The zero-order valence-electron chi connectivity index (χ0n) is 13.9. The molecule has 1 aliphatic rings. The number of nitrogens with one attached hydrogen (secondary N) is 1. The summed E-state index contributed by atoms with van der Waals surface area (Å²) < 4.78 is 14.0. The van der Waals surface area contributed by atoms with Crippen LogP contribution in [0, 0.1) is 5.82 Å². The number of nitrogens with zero attached hydrogens (tertiary/aromatic N) is 1. The second kappa shape index (κ2) is 6.43. The molecular formula is C16H25FN2O2. The van der Waals surface area contributed by atoms with Crippen LogP contribution in [0.3, 0.4) is 0 Å². The Morgan fingerprint density at radius 3 is 2.33 bits per heavy atom. The Bertz CT molecular complexity index is 527. The first-order chi connectivity index (χ1) is 9.80. The quantitative estimate of drug-likeness (QED) is 0.861. The maximum Gasteiger partial charge on any atom is 0.237 e. The van der Waals surface area contributed by atoms with Crippen LogP contribution in [0.1, 0.15) is 47.1 Å². The number of fused-ring (bicyclic) bond motifs is 1. The molecule has 0 aromatic heterocycles. The minimum Gasteiger partial charge on any atom is -0.309 e. The fourth-order valence-corrected chi connectivity index (χ4v) is 2.49. The van der Waals surface area contributed by atoms with Crippen molar-refractivity contribution in [1.82, 2.24) is 0 Å². The first kappa shape index (κ1) is 17.4. The van der Waals surface area contributed by atoms with E-state index < -0.39 is 11.2 Å². The summed E-state index contributed by atoms with van der Waals surface area (Å²) in [5.41, 5.74) is 3.54. The van der Waals surface area contributed by atoms with E-state index >= 15 is 0 Å². The number of rotatable bonds is 3. The van der Waals surface area contributed by atoms with Crippen LogP contribution in [-0.4, -0.2) is 19.1 Å². The van der Waals surface area contributed by atoms with E-state index in [1.165, 1.54) is 13.2 Å². The van der Waals surface area contributed by atoms with Gasteiger partial charge in [0.25, 0.3) is 0 Å². The number of benzene rings is 1. The van der Waals surface area contributed by atoms with Crippen LogP contribution >= 0.6 is 0 Å². The average Bonchev–Trinajstić information content (AvgIpc) is 2.61. The number of halogens is 1. The highest BCUT2D eigenvalue weighted by molar-refractivity contribution is 6.08. The summed E-state index contributed by atoms with van der Waals surface area (Å²) in [5.74, 6) is -0.441. The molecule has 1 amide bonds. The molecule has 4 nitrogen and oxygen atoms in total. The van der Waals surface area contributed by atoms with Gasteiger partial charge in [0.05, 0.1) is 23.9 Å². The number of hydrogen-bond donors (Lipinski definition) is 1. The zero-order valence-corrected chi connectivity index (χ0v) is 13.9. The Kier molecular flexibility index (Phi) is 5.34. The van der Waals surface area contributed by atoms with E-state index in [9.17, 15) is 9.18 Å². The van der Waals surface area contributed by atoms with Crippen molar-refractivity contribution in [1.29, 1.82) is 0 Å². The standard InChI is InChI=1S/C14H19FN2O2.C2H6/c1-8(2)17-12-7-10(15)11(16-19-5)6-9(12)14(3,4)13(17)18;1-2/h6-8,16H,1-5H3;1-2H3. The van der Waals surface area contributed by atoms with Gasteiger partial charge in [-0.1, -0.05) is 13.8 Å². The van der Waals surface area contributed by atoms with Crippen molar-refractivity contribution < 1.29 is 14.0 Å². The molecule has 0 fully saturated rings. The fraction of sp³-hybridized carbons (Fsp3) is 0.562. The lowest BCUT2D eigenvalue weighted by atomic mass is 9.86. The Hall–Kier alpha value is -1.62. The van der Waals surface area contributed by atoms with Crippen LogP contribution in [0.2, 0.25) is 0 Å². The minimum atomic E-state index is -0.655. The molecule has 0 spiro atoms. The van der Waals surface area contributed by atoms with Crippen molar-refractivity contribution in [2.75, 3.05) is 17.5 Å². The van der Waals surface area contributed by atoms with Gasteiger partial charge < -0.3 is 4.90 Å².